The molecule has 4 fully saturated rings. The van der Waals surface area contributed by atoms with E-state index in [4.69, 9.17) is 23.7 Å². The number of rotatable bonds is 13. The van der Waals surface area contributed by atoms with Gasteiger partial charge in [0.15, 0.2) is 12.4 Å². The van der Waals surface area contributed by atoms with E-state index in [9.17, 15) is 24.3 Å². The minimum atomic E-state index is -0.782. The lowest BCUT2D eigenvalue weighted by molar-refractivity contribution is -0.200. The van der Waals surface area contributed by atoms with Crippen molar-refractivity contribution in [1.82, 2.24) is 0 Å². The Balaban J connectivity index is 1.25. The molecule has 1 N–H and O–H groups in total. The quantitative estimate of drug-likeness (QED) is 0.169. The smallest absolute Gasteiger partial charge is 0.344 e. The summed E-state index contributed by atoms with van der Waals surface area (Å²) in [6.45, 7) is 17.1. The first-order valence-electron chi connectivity index (χ1n) is 18.9. The van der Waals surface area contributed by atoms with Crippen molar-refractivity contribution in [2.24, 2.45) is 56.2 Å². The summed E-state index contributed by atoms with van der Waals surface area (Å²) in [5.74, 6) is -1.94. The van der Waals surface area contributed by atoms with E-state index >= 15 is 0 Å². The number of methoxy groups -OCH3 is 1. The van der Waals surface area contributed by atoms with E-state index in [0.717, 1.165) is 38.5 Å². The van der Waals surface area contributed by atoms with E-state index < -0.39 is 35.3 Å². The number of hydrogen-bond acceptors (Lipinski definition) is 9. The molecule has 5 aliphatic carbocycles. The van der Waals surface area contributed by atoms with Gasteiger partial charge in [0.2, 0.25) is 0 Å². The number of ether oxygens (including phenoxy) is 5. The van der Waals surface area contributed by atoms with Gasteiger partial charge in [-0.1, -0.05) is 47.1 Å². The number of hydrogen-bond donors (Lipinski definition) is 1. The van der Waals surface area contributed by atoms with Crippen LogP contribution in [0.3, 0.4) is 0 Å². The first-order chi connectivity index (χ1) is 23.4. The van der Waals surface area contributed by atoms with Crippen LogP contribution >= 0.6 is 0 Å². The van der Waals surface area contributed by atoms with Gasteiger partial charge in [0.1, 0.15) is 6.61 Å². The van der Waals surface area contributed by atoms with Gasteiger partial charge in [-0.05, 0) is 110 Å². The van der Waals surface area contributed by atoms with Gasteiger partial charge in [0.05, 0.1) is 44.4 Å². The average Bonchev–Trinajstić information content (AvgIpc) is 3.04. The highest BCUT2D eigenvalue weighted by molar-refractivity contribution is 5.96. The number of carboxylic acid groups (broad SMARTS) is 1. The number of ketones is 1. The number of fused-ring (bicyclic) bond motifs is 7. The van der Waals surface area contributed by atoms with Crippen LogP contribution in [-0.4, -0.2) is 82.2 Å². The topological polar surface area (TPSA) is 135 Å². The summed E-state index contributed by atoms with van der Waals surface area (Å²) in [4.78, 5) is 52.9. The zero-order valence-corrected chi connectivity index (χ0v) is 31.8. The molecule has 50 heavy (non-hydrogen) atoms. The first-order valence-corrected chi connectivity index (χ1v) is 18.9. The van der Waals surface area contributed by atoms with Crippen LogP contribution < -0.4 is 0 Å². The highest BCUT2D eigenvalue weighted by atomic mass is 16.6. The van der Waals surface area contributed by atoms with Crippen molar-refractivity contribution in [1.29, 1.82) is 0 Å². The molecule has 10 heteroatoms. The van der Waals surface area contributed by atoms with Gasteiger partial charge in [-0.15, -0.1) is 0 Å². The maximum Gasteiger partial charge on any atom is 0.344 e. The van der Waals surface area contributed by atoms with Crippen LogP contribution in [0.1, 0.15) is 106 Å². The van der Waals surface area contributed by atoms with Crippen LogP contribution in [0.15, 0.2) is 11.6 Å². The van der Waals surface area contributed by atoms with E-state index in [1.165, 1.54) is 5.57 Å². The standard InChI is InChI=1S/C40H62O10/c1-35(2)26(33(43)50-25-31(42)49-22-21-48-20-19-47-18-17-46-8)9-11-38(5)30(35)10-12-40(7)32(38)29(41)23-27-28-24-37(4,34(44)45)14-13-36(28,3)15-16-39(27,40)6/h23,26,28,30,32H,9-22,24-25H2,1-8H3,(H,44,45)/t26-,28+,30+,32-,36-,37+,38+,39-,40-/m1/s1. The van der Waals surface area contributed by atoms with Crippen molar-refractivity contribution in [3.05, 3.63) is 11.6 Å². The molecule has 0 aromatic heterocycles. The van der Waals surface area contributed by atoms with Crippen LogP contribution in [0.4, 0.5) is 0 Å². The van der Waals surface area contributed by atoms with Gasteiger partial charge in [-0.3, -0.25) is 14.4 Å². The first kappa shape index (κ1) is 38.9. The van der Waals surface area contributed by atoms with Gasteiger partial charge in [0, 0.05) is 13.0 Å². The summed E-state index contributed by atoms with van der Waals surface area (Å²) in [5, 5.41) is 10.2. The largest absolute Gasteiger partial charge is 0.481 e. The SMILES string of the molecule is COCCOCCOCCOC(=O)COC(=O)[C@H]1CC[C@]2(C)[C@H]3C(=O)C=C4[C@@H]5C[C@@](C)(C(=O)O)CC[C@]5(C)CC[C@@]4(C)[C@]3(C)CC[C@H]2C1(C)C. The highest BCUT2D eigenvalue weighted by Crippen LogP contribution is 2.75. The molecule has 0 aliphatic heterocycles. The van der Waals surface area contributed by atoms with E-state index in [-0.39, 0.29) is 64.4 Å². The Bertz CT molecular complexity index is 1360. The van der Waals surface area contributed by atoms with Gasteiger partial charge in [-0.2, -0.15) is 0 Å². The summed E-state index contributed by atoms with van der Waals surface area (Å²) in [5.41, 5.74) is -0.814. The number of aliphatic carboxylic acids is 1. The third-order valence-corrected chi connectivity index (χ3v) is 15.0. The molecular weight excluding hydrogens is 640 g/mol. The second kappa shape index (κ2) is 14.3. The van der Waals surface area contributed by atoms with Crippen LogP contribution in [0, 0.1) is 56.2 Å². The number of esters is 2. The molecule has 5 rings (SSSR count). The lowest BCUT2D eigenvalue weighted by Gasteiger charge is -2.70. The van der Waals surface area contributed by atoms with Crippen LogP contribution in [0.25, 0.3) is 0 Å². The Labute approximate surface area is 298 Å². The fourth-order valence-corrected chi connectivity index (χ4v) is 11.8. The maximum atomic E-state index is 14.6. The molecule has 4 saturated carbocycles. The molecule has 0 unspecified atom stereocenters. The molecule has 10 nitrogen and oxygen atoms in total. The van der Waals surface area contributed by atoms with Gasteiger partial charge < -0.3 is 28.8 Å². The van der Waals surface area contributed by atoms with Gasteiger partial charge >= 0.3 is 17.9 Å². The number of carbonyl (C=O) groups is 4. The van der Waals surface area contributed by atoms with Crippen molar-refractivity contribution in [3.63, 3.8) is 0 Å². The van der Waals surface area contributed by atoms with Gasteiger partial charge in [0.25, 0.3) is 0 Å². The molecule has 9 atom stereocenters. The molecule has 0 spiro atoms. The minimum Gasteiger partial charge on any atom is -0.481 e. The summed E-state index contributed by atoms with van der Waals surface area (Å²) in [6, 6.07) is 0. The zero-order valence-electron chi connectivity index (χ0n) is 31.8. The van der Waals surface area contributed by atoms with E-state index in [0.29, 0.717) is 45.7 Å². The lowest BCUT2D eigenvalue weighted by Crippen LogP contribution is -2.66. The zero-order chi connectivity index (χ0) is 36.8. The molecule has 0 amide bonds. The third kappa shape index (κ3) is 6.59. The van der Waals surface area contributed by atoms with E-state index in [1.54, 1.807) is 7.11 Å². The van der Waals surface area contributed by atoms with Crippen molar-refractivity contribution in [3.8, 4) is 0 Å². The molecule has 0 aromatic rings. The third-order valence-electron chi connectivity index (χ3n) is 15.0. The van der Waals surface area contributed by atoms with Crippen molar-refractivity contribution >= 4 is 23.7 Å². The molecule has 282 valence electrons. The second-order valence-corrected chi connectivity index (χ2v) is 18.0. The Morgan fingerprint density at radius 3 is 2.10 bits per heavy atom. The molecule has 0 saturated heterocycles. The van der Waals surface area contributed by atoms with Gasteiger partial charge in [-0.25, -0.2) is 4.79 Å². The number of carbonyl (C=O) groups excluding carboxylic acids is 3. The molecule has 5 aliphatic rings. The van der Waals surface area contributed by atoms with Crippen molar-refractivity contribution in [2.45, 2.75) is 106 Å². The Hall–Kier alpha value is -2.30. The Morgan fingerprint density at radius 2 is 1.44 bits per heavy atom. The van der Waals surface area contributed by atoms with E-state index in [2.05, 4.69) is 41.5 Å². The number of allylic oxidation sites excluding steroid dienone is 2. The predicted molar refractivity (Wildman–Crippen MR) is 186 cm³/mol. The lowest BCUT2D eigenvalue weighted by atomic mass is 9.33. The normalized spacial score (nSPS) is 40.3. The maximum absolute atomic E-state index is 14.6. The predicted octanol–water partition coefficient (Wildman–Crippen LogP) is 6.43. The monoisotopic (exact) mass is 702 g/mol. The second-order valence-electron chi connectivity index (χ2n) is 18.0. The Kier molecular flexibility index (Phi) is 11.1. The van der Waals surface area contributed by atoms with Crippen LogP contribution in [0.2, 0.25) is 0 Å². The summed E-state index contributed by atoms with van der Waals surface area (Å²) in [6.07, 6.45) is 9.20. The molecule has 0 aromatic carbocycles. The molecule has 0 radical (unpaired) electrons. The molecule has 0 heterocycles. The fourth-order valence-electron chi connectivity index (χ4n) is 11.8. The summed E-state index contributed by atoms with van der Waals surface area (Å²) < 4.78 is 26.4. The molecular formula is C40H62O10. The van der Waals surface area contributed by atoms with Crippen molar-refractivity contribution < 1.29 is 48.0 Å². The van der Waals surface area contributed by atoms with Crippen LogP contribution in [0.5, 0.6) is 0 Å². The van der Waals surface area contributed by atoms with E-state index in [1.807, 2.05) is 13.0 Å². The molecule has 0 bridgehead atoms. The summed E-state index contributed by atoms with van der Waals surface area (Å²) >= 11 is 0. The van der Waals surface area contributed by atoms with Crippen molar-refractivity contribution in [2.75, 3.05) is 53.4 Å². The fraction of sp³-hybridized carbons (Fsp3) is 0.850. The Morgan fingerprint density at radius 1 is 0.800 bits per heavy atom. The summed E-state index contributed by atoms with van der Waals surface area (Å²) in [7, 11) is 1.61. The number of carboxylic acids is 1. The minimum absolute atomic E-state index is 0.00494. The highest BCUT2D eigenvalue weighted by Gasteiger charge is 2.70. The average molecular weight is 703 g/mol. The van der Waals surface area contributed by atoms with Crippen LogP contribution in [-0.2, 0) is 42.9 Å².